The smallest absolute Gasteiger partial charge is 0.315 e. The first kappa shape index (κ1) is 17.7. The number of ketones is 1. The van der Waals surface area contributed by atoms with Crippen molar-refractivity contribution in [2.24, 2.45) is 0 Å². The number of esters is 1. The van der Waals surface area contributed by atoms with Gasteiger partial charge in [-0.1, -0.05) is 12.1 Å². The second-order valence-corrected chi connectivity index (χ2v) is 6.32. The highest BCUT2D eigenvalue weighted by atomic mass is 16.5. The minimum Gasteiger partial charge on any atom is -0.497 e. The van der Waals surface area contributed by atoms with Crippen LogP contribution in [-0.4, -0.2) is 18.9 Å². The second kappa shape index (κ2) is 7.04. The van der Waals surface area contributed by atoms with Gasteiger partial charge in [0.2, 0.25) is 5.78 Å². The fourth-order valence-corrected chi connectivity index (χ4v) is 2.76. The zero-order valence-corrected chi connectivity index (χ0v) is 15.2. The molecule has 0 aliphatic carbocycles. The first-order chi connectivity index (χ1) is 12.4. The monoisotopic (exact) mass is 352 g/mol. The Morgan fingerprint density at radius 1 is 1.08 bits per heavy atom. The fraction of sp³-hybridized carbons (Fsp3) is 0.238. The molecule has 0 bridgehead atoms. The van der Waals surface area contributed by atoms with Crippen molar-refractivity contribution >= 4 is 11.8 Å². The van der Waals surface area contributed by atoms with Gasteiger partial charge < -0.3 is 14.2 Å². The molecule has 1 aliphatic rings. The summed E-state index contributed by atoms with van der Waals surface area (Å²) in [6.07, 6.45) is 0.138. The van der Waals surface area contributed by atoms with E-state index in [1.807, 2.05) is 26.0 Å². The van der Waals surface area contributed by atoms with Gasteiger partial charge in [0.1, 0.15) is 17.2 Å². The Kier molecular flexibility index (Phi) is 4.80. The molecule has 0 saturated carbocycles. The number of carbonyl (C=O) groups is 2. The van der Waals surface area contributed by atoms with Crippen molar-refractivity contribution in [2.75, 3.05) is 7.11 Å². The van der Waals surface area contributed by atoms with Crippen LogP contribution in [0.1, 0.15) is 35.3 Å². The molecule has 26 heavy (non-hydrogen) atoms. The Hall–Kier alpha value is -3.08. The van der Waals surface area contributed by atoms with E-state index in [1.54, 1.807) is 38.3 Å². The maximum atomic E-state index is 12.3. The summed E-state index contributed by atoms with van der Waals surface area (Å²) in [7, 11) is 1.59. The maximum absolute atomic E-state index is 12.3. The van der Waals surface area contributed by atoms with Crippen LogP contribution in [0.5, 0.6) is 17.2 Å². The topological polar surface area (TPSA) is 61.8 Å². The lowest BCUT2D eigenvalue weighted by atomic mass is 10.1. The largest absolute Gasteiger partial charge is 0.497 e. The number of methoxy groups -OCH3 is 1. The van der Waals surface area contributed by atoms with Gasteiger partial charge in [-0.05, 0) is 56.2 Å². The van der Waals surface area contributed by atoms with E-state index in [2.05, 4.69) is 0 Å². The molecule has 134 valence electrons. The van der Waals surface area contributed by atoms with E-state index < -0.39 is 0 Å². The number of Topliss-reactive ketones (excluding diaryl/α,β-unsaturated/α-hetero) is 1. The van der Waals surface area contributed by atoms with Crippen molar-refractivity contribution in [3.63, 3.8) is 0 Å². The van der Waals surface area contributed by atoms with E-state index in [0.717, 1.165) is 16.9 Å². The number of carbonyl (C=O) groups excluding carboxylic acids is 2. The molecule has 0 radical (unpaired) electrons. The summed E-state index contributed by atoms with van der Waals surface area (Å²) in [5.41, 5.74) is 2.76. The lowest BCUT2D eigenvalue weighted by Crippen LogP contribution is -2.12. The van der Waals surface area contributed by atoms with Gasteiger partial charge in [0, 0.05) is 5.56 Å². The van der Waals surface area contributed by atoms with E-state index in [1.165, 1.54) is 0 Å². The van der Waals surface area contributed by atoms with E-state index in [4.69, 9.17) is 14.2 Å². The molecule has 2 aromatic rings. The standard InChI is InChI=1S/C21H20O5/c1-12(2)20-19(23)16-9-10-17(13(3)21(16)26-20)25-18(22)11-14-5-7-15(24-4)8-6-14/h5-10H,11H2,1-4H3. The molecule has 0 fully saturated rings. The Morgan fingerprint density at radius 2 is 1.77 bits per heavy atom. The molecule has 0 aromatic heterocycles. The molecule has 0 amide bonds. The molecule has 0 spiro atoms. The van der Waals surface area contributed by atoms with Gasteiger partial charge in [-0.15, -0.1) is 0 Å². The van der Waals surface area contributed by atoms with Gasteiger partial charge in [0.05, 0.1) is 19.1 Å². The number of rotatable bonds is 4. The zero-order chi connectivity index (χ0) is 18.8. The number of benzene rings is 2. The number of hydrogen-bond acceptors (Lipinski definition) is 5. The highest BCUT2D eigenvalue weighted by molar-refractivity contribution is 6.13. The minimum atomic E-state index is -0.384. The zero-order valence-electron chi connectivity index (χ0n) is 15.2. The van der Waals surface area contributed by atoms with E-state index in [9.17, 15) is 9.59 Å². The van der Waals surface area contributed by atoms with Crippen molar-refractivity contribution in [3.8, 4) is 17.2 Å². The Bertz CT molecular complexity index is 903. The summed E-state index contributed by atoms with van der Waals surface area (Å²) in [6.45, 7) is 5.42. The van der Waals surface area contributed by atoms with Crippen molar-refractivity contribution in [3.05, 3.63) is 64.4 Å². The summed E-state index contributed by atoms with van der Waals surface area (Å²) in [5, 5.41) is 0. The molecule has 3 rings (SSSR count). The van der Waals surface area contributed by atoms with Crippen LogP contribution >= 0.6 is 0 Å². The minimum absolute atomic E-state index is 0.138. The van der Waals surface area contributed by atoms with Crippen LogP contribution in [0.3, 0.4) is 0 Å². The Balaban J connectivity index is 1.77. The lowest BCUT2D eigenvalue weighted by molar-refractivity contribution is -0.133. The Labute approximate surface area is 152 Å². The van der Waals surface area contributed by atoms with Crippen LogP contribution in [0, 0.1) is 6.92 Å². The fourth-order valence-electron chi connectivity index (χ4n) is 2.76. The lowest BCUT2D eigenvalue weighted by Gasteiger charge is -2.10. The van der Waals surface area contributed by atoms with Crippen LogP contribution < -0.4 is 14.2 Å². The molecule has 0 unspecified atom stereocenters. The molecule has 1 aliphatic heterocycles. The summed E-state index contributed by atoms with van der Waals surface area (Å²) in [6, 6.07) is 10.5. The molecular formula is C21H20O5. The molecule has 1 heterocycles. The maximum Gasteiger partial charge on any atom is 0.315 e. The van der Waals surface area contributed by atoms with Gasteiger partial charge in [-0.2, -0.15) is 0 Å². The molecule has 2 aromatic carbocycles. The van der Waals surface area contributed by atoms with E-state index >= 15 is 0 Å². The first-order valence-electron chi connectivity index (χ1n) is 8.28. The first-order valence-corrected chi connectivity index (χ1v) is 8.28. The van der Waals surface area contributed by atoms with E-state index in [-0.39, 0.29) is 18.2 Å². The van der Waals surface area contributed by atoms with Crippen LogP contribution in [0.15, 0.2) is 47.7 Å². The van der Waals surface area contributed by atoms with Crippen LogP contribution in [0.4, 0.5) is 0 Å². The third-order valence-corrected chi connectivity index (χ3v) is 4.20. The second-order valence-electron chi connectivity index (χ2n) is 6.32. The van der Waals surface area contributed by atoms with Crippen molar-refractivity contribution in [2.45, 2.75) is 27.2 Å². The summed E-state index contributed by atoms with van der Waals surface area (Å²) < 4.78 is 16.3. The third kappa shape index (κ3) is 3.33. The third-order valence-electron chi connectivity index (χ3n) is 4.20. The van der Waals surface area contributed by atoms with Crippen molar-refractivity contribution < 1.29 is 23.8 Å². The van der Waals surface area contributed by atoms with Crippen LogP contribution in [-0.2, 0) is 11.2 Å². The molecule has 5 heteroatoms. The van der Waals surface area contributed by atoms with Crippen molar-refractivity contribution in [1.29, 1.82) is 0 Å². The average Bonchev–Trinajstić information content (AvgIpc) is 2.96. The Morgan fingerprint density at radius 3 is 2.38 bits per heavy atom. The molecular weight excluding hydrogens is 332 g/mol. The highest BCUT2D eigenvalue weighted by Gasteiger charge is 2.31. The number of fused-ring (bicyclic) bond motifs is 1. The van der Waals surface area contributed by atoms with E-state index in [0.29, 0.717) is 28.4 Å². The SMILES string of the molecule is COc1ccc(CC(=O)Oc2ccc3c(c2C)OC(=C(C)C)C3=O)cc1. The van der Waals surface area contributed by atoms with Crippen LogP contribution in [0.2, 0.25) is 0 Å². The average molecular weight is 352 g/mol. The summed E-state index contributed by atoms with van der Waals surface area (Å²) >= 11 is 0. The molecule has 5 nitrogen and oxygen atoms in total. The predicted octanol–water partition coefficient (Wildman–Crippen LogP) is 4.02. The predicted molar refractivity (Wildman–Crippen MR) is 96.8 cm³/mol. The summed E-state index contributed by atoms with van der Waals surface area (Å²) in [5.74, 6) is 1.40. The van der Waals surface area contributed by atoms with Crippen molar-refractivity contribution in [1.82, 2.24) is 0 Å². The van der Waals surface area contributed by atoms with Gasteiger partial charge in [0.15, 0.2) is 5.76 Å². The number of hydrogen-bond donors (Lipinski definition) is 0. The quantitative estimate of drug-likeness (QED) is 0.472. The van der Waals surface area contributed by atoms with Crippen LogP contribution in [0.25, 0.3) is 0 Å². The molecule has 0 saturated heterocycles. The van der Waals surface area contributed by atoms with Gasteiger partial charge >= 0.3 is 5.97 Å². The highest BCUT2D eigenvalue weighted by Crippen LogP contribution is 2.39. The number of ether oxygens (including phenoxy) is 3. The van der Waals surface area contributed by atoms with Gasteiger partial charge in [-0.25, -0.2) is 0 Å². The molecule has 0 atom stereocenters. The normalized spacial score (nSPS) is 12.5. The molecule has 0 N–H and O–H groups in total. The van der Waals surface area contributed by atoms with Gasteiger partial charge in [0.25, 0.3) is 0 Å². The van der Waals surface area contributed by atoms with Gasteiger partial charge in [-0.3, -0.25) is 9.59 Å². The summed E-state index contributed by atoms with van der Waals surface area (Å²) in [4.78, 5) is 24.6. The number of allylic oxidation sites excluding steroid dienone is 2.